The van der Waals surface area contributed by atoms with E-state index in [9.17, 15) is 0 Å². The van der Waals surface area contributed by atoms with Crippen LogP contribution in [0.2, 0.25) is 5.02 Å². The van der Waals surface area contributed by atoms with Crippen LogP contribution in [-0.2, 0) is 6.54 Å². The number of anilines is 1. The molecule has 0 amide bonds. The maximum Gasteiger partial charge on any atom is 0.0568 e. The third-order valence-electron chi connectivity index (χ3n) is 1.96. The van der Waals surface area contributed by atoms with Gasteiger partial charge in [-0.25, -0.2) is 0 Å². The second-order valence-corrected chi connectivity index (χ2v) is 4.35. The average molecular weight is 287 g/mol. The Bertz CT molecular complexity index is 442. The Labute approximate surface area is 101 Å². The normalized spacial score (nSPS) is 10.3. The van der Waals surface area contributed by atoms with Crippen LogP contribution in [0.15, 0.2) is 34.9 Å². The van der Waals surface area contributed by atoms with Gasteiger partial charge in [-0.1, -0.05) is 11.6 Å². The molecule has 0 bridgehead atoms. The fraction of sp³-hybridized carbons (Fsp3) is 0.100. The van der Waals surface area contributed by atoms with Gasteiger partial charge in [0.15, 0.2) is 0 Å². The molecule has 5 heteroatoms. The van der Waals surface area contributed by atoms with Crippen LogP contribution >= 0.6 is 27.5 Å². The minimum atomic E-state index is 0.709. The lowest BCUT2D eigenvalue weighted by molar-refractivity contribution is 0.981. The van der Waals surface area contributed by atoms with E-state index in [1.807, 2.05) is 24.3 Å². The minimum Gasteiger partial charge on any atom is -0.378 e. The Morgan fingerprint density at radius 1 is 1.40 bits per heavy atom. The molecule has 0 saturated carbocycles. The summed E-state index contributed by atoms with van der Waals surface area (Å²) in [5.41, 5.74) is 2.05. The summed E-state index contributed by atoms with van der Waals surface area (Å²) in [5, 5.41) is 10.7. The standard InChI is InChI=1S/C10H9BrClN3/c11-9-5-7(12)1-2-10(9)13-6-8-3-4-14-15-8/h1-5,13H,6H2,(H,14,15). The number of H-pyrrole nitrogens is 1. The molecule has 0 radical (unpaired) electrons. The summed E-state index contributed by atoms with van der Waals surface area (Å²) in [7, 11) is 0. The molecule has 78 valence electrons. The van der Waals surface area contributed by atoms with Gasteiger partial charge in [-0.15, -0.1) is 0 Å². The molecule has 1 heterocycles. The number of benzene rings is 1. The first-order valence-electron chi connectivity index (χ1n) is 4.43. The molecule has 0 aliphatic rings. The molecule has 1 aromatic carbocycles. The molecule has 2 rings (SSSR count). The van der Waals surface area contributed by atoms with Crippen molar-refractivity contribution < 1.29 is 0 Å². The summed E-state index contributed by atoms with van der Waals surface area (Å²) in [6.45, 7) is 0.709. The maximum atomic E-state index is 5.84. The highest BCUT2D eigenvalue weighted by Crippen LogP contribution is 2.26. The van der Waals surface area contributed by atoms with E-state index in [2.05, 4.69) is 31.4 Å². The molecule has 0 aliphatic heterocycles. The third kappa shape index (κ3) is 2.73. The minimum absolute atomic E-state index is 0.709. The number of hydrogen-bond acceptors (Lipinski definition) is 2. The van der Waals surface area contributed by atoms with E-state index in [-0.39, 0.29) is 0 Å². The maximum absolute atomic E-state index is 5.84. The van der Waals surface area contributed by atoms with Crippen molar-refractivity contribution in [3.63, 3.8) is 0 Å². The predicted octanol–water partition coefficient (Wildman–Crippen LogP) is 3.44. The van der Waals surface area contributed by atoms with Gasteiger partial charge < -0.3 is 5.32 Å². The molecule has 0 spiro atoms. The number of aromatic amines is 1. The highest BCUT2D eigenvalue weighted by Gasteiger charge is 2.00. The van der Waals surface area contributed by atoms with E-state index in [1.165, 1.54) is 0 Å². The molecule has 3 nitrogen and oxygen atoms in total. The van der Waals surface area contributed by atoms with Crippen molar-refractivity contribution in [2.24, 2.45) is 0 Å². The van der Waals surface area contributed by atoms with Crippen molar-refractivity contribution in [3.05, 3.63) is 45.7 Å². The number of nitrogens with one attached hydrogen (secondary N) is 2. The largest absolute Gasteiger partial charge is 0.378 e. The van der Waals surface area contributed by atoms with Gasteiger partial charge in [0.1, 0.15) is 0 Å². The first-order chi connectivity index (χ1) is 7.25. The van der Waals surface area contributed by atoms with Crippen LogP contribution in [0.5, 0.6) is 0 Å². The van der Waals surface area contributed by atoms with Crippen molar-refractivity contribution in [3.8, 4) is 0 Å². The summed E-state index contributed by atoms with van der Waals surface area (Å²) >= 11 is 9.28. The van der Waals surface area contributed by atoms with Crippen molar-refractivity contribution in [2.45, 2.75) is 6.54 Å². The fourth-order valence-electron chi connectivity index (χ4n) is 1.21. The lowest BCUT2D eigenvalue weighted by Gasteiger charge is -2.07. The van der Waals surface area contributed by atoms with Crippen LogP contribution in [0.1, 0.15) is 5.69 Å². The molecule has 2 aromatic rings. The number of nitrogens with zero attached hydrogens (tertiary/aromatic N) is 1. The Balaban J connectivity index is 2.05. The lowest BCUT2D eigenvalue weighted by Crippen LogP contribution is -2.00. The van der Waals surface area contributed by atoms with Crippen molar-refractivity contribution >= 4 is 33.2 Å². The molecule has 2 N–H and O–H groups in total. The van der Waals surface area contributed by atoms with Crippen LogP contribution in [0, 0.1) is 0 Å². The molecule has 15 heavy (non-hydrogen) atoms. The smallest absolute Gasteiger partial charge is 0.0568 e. The number of rotatable bonds is 3. The van der Waals surface area contributed by atoms with E-state index in [0.717, 1.165) is 15.9 Å². The Kier molecular flexibility index (Phi) is 3.28. The zero-order chi connectivity index (χ0) is 10.7. The molecular formula is C10H9BrClN3. The zero-order valence-electron chi connectivity index (χ0n) is 7.80. The highest BCUT2D eigenvalue weighted by atomic mass is 79.9. The van der Waals surface area contributed by atoms with Gasteiger partial charge in [0, 0.05) is 21.4 Å². The average Bonchev–Trinajstić information content (AvgIpc) is 2.69. The van der Waals surface area contributed by atoms with E-state index in [0.29, 0.717) is 11.6 Å². The van der Waals surface area contributed by atoms with Crippen LogP contribution in [0.25, 0.3) is 0 Å². The fourth-order valence-corrected chi connectivity index (χ4v) is 2.03. The van der Waals surface area contributed by atoms with Crippen molar-refractivity contribution in [2.75, 3.05) is 5.32 Å². The molecule has 0 saturated heterocycles. The molecule has 0 fully saturated rings. The van der Waals surface area contributed by atoms with Crippen molar-refractivity contribution in [1.82, 2.24) is 10.2 Å². The number of aromatic nitrogens is 2. The van der Waals surface area contributed by atoms with Crippen molar-refractivity contribution in [1.29, 1.82) is 0 Å². The number of hydrogen-bond donors (Lipinski definition) is 2. The molecule has 0 aliphatic carbocycles. The third-order valence-corrected chi connectivity index (χ3v) is 2.85. The summed E-state index contributed by atoms with van der Waals surface area (Å²) in [4.78, 5) is 0. The van der Waals surface area contributed by atoms with E-state index < -0.39 is 0 Å². The summed E-state index contributed by atoms with van der Waals surface area (Å²) in [6.07, 6.45) is 1.73. The lowest BCUT2D eigenvalue weighted by atomic mass is 10.3. The number of halogens is 2. The molecule has 1 aromatic heterocycles. The first-order valence-corrected chi connectivity index (χ1v) is 5.60. The van der Waals surface area contributed by atoms with Gasteiger partial charge in [0.2, 0.25) is 0 Å². The van der Waals surface area contributed by atoms with Crippen LogP contribution in [0.3, 0.4) is 0 Å². The second-order valence-electron chi connectivity index (χ2n) is 3.06. The Morgan fingerprint density at radius 3 is 2.93 bits per heavy atom. The van der Waals surface area contributed by atoms with Gasteiger partial charge in [-0.05, 0) is 40.2 Å². The van der Waals surface area contributed by atoms with E-state index in [4.69, 9.17) is 11.6 Å². The molecule has 0 unspecified atom stereocenters. The van der Waals surface area contributed by atoms with Gasteiger partial charge >= 0.3 is 0 Å². The Morgan fingerprint density at radius 2 is 2.27 bits per heavy atom. The van der Waals surface area contributed by atoms with Crippen LogP contribution in [-0.4, -0.2) is 10.2 Å². The van der Waals surface area contributed by atoms with Gasteiger partial charge in [-0.2, -0.15) is 5.10 Å². The Hall–Kier alpha value is -1.00. The summed E-state index contributed by atoms with van der Waals surface area (Å²) < 4.78 is 0.953. The molecular weight excluding hydrogens is 277 g/mol. The van der Waals surface area contributed by atoms with Gasteiger partial charge in [0.25, 0.3) is 0 Å². The van der Waals surface area contributed by atoms with Gasteiger partial charge in [-0.3, -0.25) is 5.10 Å². The van der Waals surface area contributed by atoms with Crippen LogP contribution < -0.4 is 5.32 Å². The summed E-state index contributed by atoms with van der Waals surface area (Å²) in [5.74, 6) is 0. The molecule has 0 atom stereocenters. The van der Waals surface area contributed by atoms with E-state index in [1.54, 1.807) is 6.20 Å². The first kappa shape index (κ1) is 10.5. The van der Waals surface area contributed by atoms with E-state index >= 15 is 0 Å². The zero-order valence-corrected chi connectivity index (χ0v) is 10.1. The highest BCUT2D eigenvalue weighted by molar-refractivity contribution is 9.10. The predicted molar refractivity (Wildman–Crippen MR) is 65.1 cm³/mol. The summed E-state index contributed by atoms with van der Waals surface area (Å²) in [6, 6.07) is 7.57. The van der Waals surface area contributed by atoms with Crippen LogP contribution in [0.4, 0.5) is 5.69 Å². The van der Waals surface area contributed by atoms with Gasteiger partial charge in [0.05, 0.1) is 12.2 Å². The second kappa shape index (κ2) is 4.68. The SMILES string of the molecule is Clc1ccc(NCc2ccn[nH]2)c(Br)c1. The monoisotopic (exact) mass is 285 g/mol. The topological polar surface area (TPSA) is 40.7 Å². The quantitative estimate of drug-likeness (QED) is 0.907.